The number of nitrogens with zero attached hydrogens (tertiary/aromatic N) is 5. The van der Waals surface area contributed by atoms with Crippen molar-refractivity contribution in [2.75, 3.05) is 36.5 Å². The highest BCUT2D eigenvalue weighted by atomic mass is 16.5. The minimum Gasteiger partial charge on any atom is -0.371 e. The van der Waals surface area contributed by atoms with Crippen molar-refractivity contribution in [3.63, 3.8) is 0 Å². The average Bonchev–Trinajstić information content (AvgIpc) is 2.60. The van der Waals surface area contributed by atoms with Gasteiger partial charge in [0.2, 0.25) is 5.95 Å². The van der Waals surface area contributed by atoms with Gasteiger partial charge in [-0.25, -0.2) is 9.97 Å². The summed E-state index contributed by atoms with van der Waals surface area (Å²) in [5, 5.41) is 11.7. The standard InChI is InChI=1S/C17H22N6O/c1-13-3-4-15(22-21-13)23-11-17(12-23)6-5-14(10-24-17)9-20-16-18-7-2-8-19-16/h2-4,7-8,14H,5-6,9-12H2,1H3,(H,18,19,20)/t14-/m0/s1. The van der Waals surface area contributed by atoms with Gasteiger partial charge in [-0.05, 0) is 43.9 Å². The van der Waals surface area contributed by atoms with E-state index in [-0.39, 0.29) is 5.60 Å². The van der Waals surface area contributed by atoms with Crippen molar-refractivity contribution in [3.8, 4) is 0 Å². The molecule has 2 aliphatic rings. The Kier molecular flexibility index (Phi) is 4.02. The second-order valence-electron chi connectivity index (χ2n) is 6.74. The van der Waals surface area contributed by atoms with E-state index in [2.05, 4.69) is 30.4 Å². The van der Waals surface area contributed by atoms with Gasteiger partial charge in [0.1, 0.15) is 5.60 Å². The highest BCUT2D eigenvalue weighted by Gasteiger charge is 2.47. The molecule has 2 aromatic rings. The summed E-state index contributed by atoms with van der Waals surface area (Å²) in [6.07, 6.45) is 5.75. The zero-order valence-electron chi connectivity index (χ0n) is 13.9. The van der Waals surface area contributed by atoms with E-state index in [0.29, 0.717) is 11.9 Å². The SMILES string of the molecule is Cc1ccc(N2CC3(CC[C@@H](CNc4ncccn4)CO3)C2)nn1. The summed E-state index contributed by atoms with van der Waals surface area (Å²) in [4.78, 5) is 10.6. The van der Waals surface area contributed by atoms with E-state index in [9.17, 15) is 0 Å². The molecule has 7 nitrogen and oxygen atoms in total. The molecule has 4 rings (SSSR count). The number of hydrogen-bond donors (Lipinski definition) is 1. The summed E-state index contributed by atoms with van der Waals surface area (Å²) in [6.45, 7) is 5.41. The molecule has 0 aliphatic carbocycles. The Bertz CT molecular complexity index is 661. The van der Waals surface area contributed by atoms with Crippen LogP contribution in [0.2, 0.25) is 0 Å². The van der Waals surface area contributed by atoms with Gasteiger partial charge < -0.3 is 15.0 Å². The van der Waals surface area contributed by atoms with Crippen molar-refractivity contribution >= 4 is 11.8 Å². The summed E-state index contributed by atoms with van der Waals surface area (Å²) in [5.41, 5.74) is 0.951. The first kappa shape index (κ1) is 15.3. The number of ether oxygens (including phenoxy) is 1. The Morgan fingerprint density at radius 3 is 2.75 bits per heavy atom. The van der Waals surface area contributed by atoms with Crippen LogP contribution in [0.3, 0.4) is 0 Å². The molecule has 0 saturated carbocycles. The third-order valence-electron chi connectivity index (χ3n) is 4.81. The molecule has 2 aromatic heterocycles. The third kappa shape index (κ3) is 3.17. The summed E-state index contributed by atoms with van der Waals surface area (Å²) < 4.78 is 6.21. The van der Waals surface area contributed by atoms with Crippen LogP contribution in [0.1, 0.15) is 18.5 Å². The van der Waals surface area contributed by atoms with Gasteiger partial charge in [0, 0.05) is 18.9 Å². The maximum atomic E-state index is 6.21. The average molecular weight is 326 g/mol. The van der Waals surface area contributed by atoms with E-state index in [1.807, 2.05) is 25.1 Å². The highest BCUT2D eigenvalue weighted by Crippen LogP contribution is 2.37. The summed E-state index contributed by atoms with van der Waals surface area (Å²) in [7, 11) is 0. The van der Waals surface area contributed by atoms with Crippen LogP contribution in [0, 0.1) is 12.8 Å². The Morgan fingerprint density at radius 2 is 2.08 bits per heavy atom. The summed E-state index contributed by atoms with van der Waals surface area (Å²) in [5.74, 6) is 2.14. The van der Waals surface area contributed by atoms with Crippen LogP contribution in [0.25, 0.3) is 0 Å². The van der Waals surface area contributed by atoms with Crippen molar-refractivity contribution in [2.45, 2.75) is 25.4 Å². The van der Waals surface area contributed by atoms with Crippen LogP contribution in [-0.2, 0) is 4.74 Å². The van der Waals surface area contributed by atoms with Crippen LogP contribution < -0.4 is 10.2 Å². The lowest BCUT2D eigenvalue weighted by Crippen LogP contribution is -2.65. The van der Waals surface area contributed by atoms with Crippen molar-refractivity contribution < 1.29 is 4.74 Å². The molecule has 4 heterocycles. The molecule has 2 aliphatic heterocycles. The van der Waals surface area contributed by atoms with Crippen molar-refractivity contribution in [1.82, 2.24) is 20.2 Å². The quantitative estimate of drug-likeness (QED) is 0.916. The molecule has 0 unspecified atom stereocenters. The van der Waals surface area contributed by atoms with E-state index in [0.717, 1.165) is 50.6 Å². The normalized spacial score (nSPS) is 22.2. The van der Waals surface area contributed by atoms with Crippen LogP contribution in [-0.4, -0.2) is 52.0 Å². The molecule has 1 atom stereocenters. The summed E-state index contributed by atoms with van der Waals surface area (Å²) in [6, 6.07) is 5.85. The van der Waals surface area contributed by atoms with Gasteiger partial charge in [-0.2, -0.15) is 5.10 Å². The number of rotatable bonds is 4. The molecule has 24 heavy (non-hydrogen) atoms. The molecular weight excluding hydrogens is 304 g/mol. The minimum absolute atomic E-state index is 0.00626. The lowest BCUT2D eigenvalue weighted by atomic mass is 9.83. The third-order valence-corrected chi connectivity index (χ3v) is 4.81. The molecule has 0 bridgehead atoms. The zero-order chi connectivity index (χ0) is 16.4. The van der Waals surface area contributed by atoms with Gasteiger partial charge in [-0.1, -0.05) is 0 Å². The summed E-state index contributed by atoms with van der Waals surface area (Å²) >= 11 is 0. The lowest BCUT2D eigenvalue weighted by Gasteiger charge is -2.53. The van der Waals surface area contributed by atoms with E-state index in [4.69, 9.17) is 4.74 Å². The van der Waals surface area contributed by atoms with Gasteiger partial charge in [0.25, 0.3) is 0 Å². The molecule has 0 amide bonds. The molecule has 1 N–H and O–H groups in total. The van der Waals surface area contributed by atoms with Crippen LogP contribution in [0.4, 0.5) is 11.8 Å². The molecular formula is C17H22N6O. The predicted molar refractivity (Wildman–Crippen MR) is 90.9 cm³/mol. The van der Waals surface area contributed by atoms with Gasteiger partial charge in [-0.3, -0.25) is 0 Å². The van der Waals surface area contributed by atoms with Crippen LogP contribution >= 0.6 is 0 Å². The number of anilines is 2. The smallest absolute Gasteiger partial charge is 0.222 e. The first-order valence-corrected chi connectivity index (χ1v) is 8.43. The van der Waals surface area contributed by atoms with Gasteiger partial charge >= 0.3 is 0 Å². The molecule has 2 fully saturated rings. The van der Waals surface area contributed by atoms with Gasteiger partial charge in [0.05, 0.1) is 25.4 Å². The van der Waals surface area contributed by atoms with E-state index in [1.165, 1.54) is 0 Å². The fraction of sp³-hybridized carbons (Fsp3) is 0.529. The Hall–Kier alpha value is -2.28. The molecule has 0 aromatic carbocycles. The molecule has 1 spiro atoms. The van der Waals surface area contributed by atoms with Gasteiger partial charge in [-0.15, -0.1) is 5.10 Å². The van der Waals surface area contributed by atoms with E-state index < -0.39 is 0 Å². The molecule has 126 valence electrons. The number of nitrogens with one attached hydrogen (secondary N) is 1. The number of hydrogen-bond acceptors (Lipinski definition) is 7. The van der Waals surface area contributed by atoms with E-state index in [1.54, 1.807) is 12.4 Å². The fourth-order valence-corrected chi connectivity index (χ4v) is 3.33. The monoisotopic (exact) mass is 326 g/mol. The maximum absolute atomic E-state index is 6.21. The Labute approximate surface area is 141 Å². The number of aromatic nitrogens is 4. The van der Waals surface area contributed by atoms with Crippen LogP contribution in [0.5, 0.6) is 0 Å². The second-order valence-corrected chi connectivity index (χ2v) is 6.74. The van der Waals surface area contributed by atoms with Gasteiger partial charge in [0.15, 0.2) is 5.82 Å². The second kappa shape index (κ2) is 6.32. The molecule has 0 radical (unpaired) electrons. The largest absolute Gasteiger partial charge is 0.371 e. The van der Waals surface area contributed by atoms with Crippen molar-refractivity contribution in [3.05, 3.63) is 36.3 Å². The van der Waals surface area contributed by atoms with E-state index >= 15 is 0 Å². The van der Waals surface area contributed by atoms with Crippen molar-refractivity contribution in [1.29, 1.82) is 0 Å². The minimum atomic E-state index is 0.00626. The number of aryl methyl sites for hydroxylation is 1. The zero-order valence-corrected chi connectivity index (χ0v) is 13.9. The lowest BCUT2D eigenvalue weighted by molar-refractivity contribution is -0.113. The van der Waals surface area contributed by atoms with Crippen molar-refractivity contribution in [2.24, 2.45) is 5.92 Å². The topological polar surface area (TPSA) is 76.1 Å². The highest BCUT2D eigenvalue weighted by molar-refractivity contribution is 5.43. The first-order chi connectivity index (χ1) is 11.7. The Morgan fingerprint density at radius 1 is 1.25 bits per heavy atom. The molecule has 7 heteroatoms. The first-order valence-electron chi connectivity index (χ1n) is 8.43. The maximum Gasteiger partial charge on any atom is 0.222 e. The molecule has 2 saturated heterocycles. The Balaban J connectivity index is 1.24. The van der Waals surface area contributed by atoms with Crippen LogP contribution in [0.15, 0.2) is 30.6 Å². The fourth-order valence-electron chi connectivity index (χ4n) is 3.33. The predicted octanol–water partition coefficient (Wildman–Crippen LogP) is 1.67.